The van der Waals surface area contributed by atoms with E-state index in [0.717, 1.165) is 13.0 Å². The maximum absolute atomic E-state index is 8.48. The quantitative estimate of drug-likeness (QED) is 0.780. The van der Waals surface area contributed by atoms with Crippen LogP contribution in [0.1, 0.15) is 35.1 Å². The van der Waals surface area contributed by atoms with Crippen LogP contribution in [-0.4, -0.2) is 6.54 Å². The van der Waals surface area contributed by atoms with Gasteiger partial charge in [-0.15, -0.1) is 0 Å². The third-order valence-corrected chi connectivity index (χ3v) is 3.13. The van der Waals surface area contributed by atoms with Gasteiger partial charge in [0.25, 0.3) is 0 Å². The number of benzene rings is 1. The monoisotopic (exact) mass is 216 g/mol. The molecular weight excluding hydrogens is 196 g/mol. The Hall–Kier alpha value is -1.49. The zero-order valence-electron chi connectivity index (χ0n) is 10.6. The van der Waals surface area contributed by atoms with E-state index in [2.05, 4.69) is 45.1 Å². The van der Waals surface area contributed by atoms with Crippen molar-refractivity contribution >= 4 is 5.69 Å². The lowest BCUT2D eigenvalue weighted by Crippen LogP contribution is -2.06. The van der Waals surface area contributed by atoms with Gasteiger partial charge in [-0.25, -0.2) is 0 Å². The summed E-state index contributed by atoms with van der Waals surface area (Å²) in [5, 5.41) is 11.9. The third kappa shape index (κ3) is 2.76. The van der Waals surface area contributed by atoms with Crippen LogP contribution in [0.15, 0.2) is 6.07 Å². The van der Waals surface area contributed by atoms with Gasteiger partial charge < -0.3 is 5.32 Å². The van der Waals surface area contributed by atoms with Crippen molar-refractivity contribution in [2.75, 3.05) is 11.9 Å². The lowest BCUT2D eigenvalue weighted by atomic mass is 9.98. The van der Waals surface area contributed by atoms with Crippen LogP contribution < -0.4 is 5.32 Å². The van der Waals surface area contributed by atoms with Crippen LogP contribution in [0.3, 0.4) is 0 Å². The molecule has 0 aromatic heterocycles. The molecule has 1 N–H and O–H groups in total. The summed E-state index contributed by atoms with van der Waals surface area (Å²) >= 11 is 0. The number of unbranched alkanes of at least 4 members (excludes halogenated alkanes) is 1. The fraction of sp³-hybridized carbons (Fsp3) is 0.500. The van der Waals surface area contributed by atoms with E-state index >= 15 is 0 Å². The van der Waals surface area contributed by atoms with E-state index < -0.39 is 0 Å². The molecule has 86 valence electrons. The van der Waals surface area contributed by atoms with Crippen molar-refractivity contribution in [2.24, 2.45) is 0 Å². The van der Waals surface area contributed by atoms with Crippen LogP contribution in [0.25, 0.3) is 0 Å². The van der Waals surface area contributed by atoms with Gasteiger partial charge in [0.15, 0.2) is 0 Å². The number of nitrogens with zero attached hydrogens (tertiary/aromatic N) is 1. The highest BCUT2D eigenvalue weighted by atomic mass is 14.9. The van der Waals surface area contributed by atoms with Gasteiger partial charge in [0.05, 0.1) is 6.07 Å². The molecule has 0 atom stereocenters. The number of nitriles is 1. The van der Waals surface area contributed by atoms with Crippen LogP contribution >= 0.6 is 0 Å². The Balaban J connectivity index is 2.83. The summed E-state index contributed by atoms with van der Waals surface area (Å²) in [7, 11) is 0. The van der Waals surface area contributed by atoms with Crippen molar-refractivity contribution < 1.29 is 0 Å². The normalized spacial score (nSPS) is 9.94. The van der Waals surface area contributed by atoms with Crippen LogP contribution in [0.4, 0.5) is 5.69 Å². The lowest BCUT2D eigenvalue weighted by molar-refractivity contribution is 0.894. The number of hydrogen-bond acceptors (Lipinski definition) is 2. The van der Waals surface area contributed by atoms with Gasteiger partial charge in [0, 0.05) is 18.7 Å². The molecule has 0 fully saturated rings. The van der Waals surface area contributed by atoms with E-state index in [4.69, 9.17) is 5.26 Å². The zero-order valence-corrected chi connectivity index (χ0v) is 10.6. The highest BCUT2D eigenvalue weighted by molar-refractivity contribution is 5.62. The summed E-state index contributed by atoms with van der Waals surface area (Å²) in [6, 6.07) is 4.39. The highest BCUT2D eigenvalue weighted by Crippen LogP contribution is 2.26. The summed E-state index contributed by atoms with van der Waals surface area (Å²) in [5.74, 6) is 0. The molecule has 0 aliphatic carbocycles. The first kappa shape index (κ1) is 12.6. The average Bonchev–Trinajstić information content (AvgIpc) is 2.25. The molecule has 0 aliphatic heterocycles. The van der Waals surface area contributed by atoms with Crippen molar-refractivity contribution in [1.29, 1.82) is 5.26 Å². The summed E-state index contributed by atoms with van der Waals surface area (Å²) in [5.41, 5.74) is 6.53. The minimum absolute atomic E-state index is 0.621. The Morgan fingerprint density at radius 2 is 1.69 bits per heavy atom. The van der Waals surface area contributed by atoms with E-state index in [1.54, 1.807) is 0 Å². The summed E-state index contributed by atoms with van der Waals surface area (Å²) in [4.78, 5) is 0. The third-order valence-electron chi connectivity index (χ3n) is 3.13. The molecule has 1 aromatic rings. The highest BCUT2D eigenvalue weighted by Gasteiger charge is 2.07. The van der Waals surface area contributed by atoms with Crippen molar-refractivity contribution in [3.05, 3.63) is 28.3 Å². The number of nitrogens with one attached hydrogen (secondary N) is 1. The molecule has 0 spiro atoms. The predicted molar refractivity (Wildman–Crippen MR) is 68.7 cm³/mol. The molecule has 2 heteroatoms. The second kappa shape index (κ2) is 5.55. The Morgan fingerprint density at radius 1 is 1.12 bits per heavy atom. The lowest BCUT2D eigenvalue weighted by Gasteiger charge is -2.16. The standard InChI is InChI=1S/C14H20N2/c1-10-9-11(2)13(4)14(12(10)3)16-8-6-5-7-15/h9,16H,5-6,8H2,1-4H3. The topological polar surface area (TPSA) is 35.8 Å². The van der Waals surface area contributed by atoms with Crippen molar-refractivity contribution in [1.82, 2.24) is 0 Å². The molecule has 0 heterocycles. The number of rotatable bonds is 4. The fourth-order valence-electron chi connectivity index (χ4n) is 1.86. The Labute approximate surface area is 98.3 Å². The van der Waals surface area contributed by atoms with Gasteiger partial charge in [0.1, 0.15) is 0 Å². The van der Waals surface area contributed by atoms with Crippen LogP contribution in [0, 0.1) is 39.0 Å². The molecule has 0 saturated heterocycles. The zero-order chi connectivity index (χ0) is 12.1. The molecule has 0 amide bonds. The van der Waals surface area contributed by atoms with E-state index in [9.17, 15) is 0 Å². The Bertz CT molecular complexity index is 387. The van der Waals surface area contributed by atoms with Gasteiger partial charge >= 0.3 is 0 Å². The maximum Gasteiger partial charge on any atom is 0.0622 e. The van der Waals surface area contributed by atoms with Crippen molar-refractivity contribution in [2.45, 2.75) is 40.5 Å². The van der Waals surface area contributed by atoms with E-state index in [0.29, 0.717) is 6.42 Å². The molecule has 0 radical (unpaired) electrons. The first-order valence-electron chi connectivity index (χ1n) is 5.76. The van der Waals surface area contributed by atoms with Crippen LogP contribution in [-0.2, 0) is 0 Å². The van der Waals surface area contributed by atoms with E-state index in [-0.39, 0.29) is 0 Å². The van der Waals surface area contributed by atoms with Gasteiger partial charge in [-0.3, -0.25) is 0 Å². The smallest absolute Gasteiger partial charge is 0.0622 e. The largest absolute Gasteiger partial charge is 0.385 e. The van der Waals surface area contributed by atoms with Gasteiger partial charge in [0.2, 0.25) is 0 Å². The molecule has 0 aliphatic rings. The minimum atomic E-state index is 0.621. The molecule has 16 heavy (non-hydrogen) atoms. The van der Waals surface area contributed by atoms with Crippen LogP contribution in [0.5, 0.6) is 0 Å². The molecule has 2 nitrogen and oxygen atoms in total. The summed E-state index contributed by atoms with van der Waals surface area (Å²) in [6.07, 6.45) is 1.53. The first-order valence-corrected chi connectivity index (χ1v) is 5.76. The van der Waals surface area contributed by atoms with Crippen LogP contribution in [0.2, 0.25) is 0 Å². The van der Waals surface area contributed by atoms with Crippen molar-refractivity contribution in [3.8, 4) is 6.07 Å². The molecule has 0 saturated carbocycles. The molecule has 1 aromatic carbocycles. The molecule has 0 bridgehead atoms. The maximum atomic E-state index is 8.48. The SMILES string of the molecule is Cc1cc(C)c(C)c(NCCCC#N)c1C. The summed E-state index contributed by atoms with van der Waals surface area (Å²) < 4.78 is 0. The van der Waals surface area contributed by atoms with Gasteiger partial charge in [-0.05, 0) is 56.4 Å². The fourth-order valence-corrected chi connectivity index (χ4v) is 1.86. The predicted octanol–water partition coefficient (Wildman–Crippen LogP) is 3.64. The molecule has 1 rings (SSSR count). The molecule has 0 unspecified atom stereocenters. The number of anilines is 1. The number of aryl methyl sites for hydroxylation is 2. The van der Waals surface area contributed by atoms with E-state index in [1.165, 1.54) is 27.9 Å². The second-order valence-corrected chi connectivity index (χ2v) is 4.32. The van der Waals surface area contributed by atoms with E-state index in [1.807, 2.05) is 0 Å². The number of hydrogen-bond donors (Lipinski definition) is 1. The average molecular weight is 216 g/mol. The van der Waals surface area contributed by atoms with Crippen molar-refractivity contribution in [3.63, 3.8) is 0 Å². The minimum Gasteiger partial charge on any atom is -0.385 e. The summed E-state index contributed by atoms with van der Waals surface area (Å²) in [6.45, 7) is 9.45. The Morgan fingerprint density at radius 3 is 2.19 bits per heavy atom. The first-order chi connectivity index (χ1) is 7.57. The molecular formula is C14H20N2. The Kier molecular flexibility index (Phi) is 4.37. The van der Waals surface area contributed by atoms with Gasteiger partial charge in [-0.1, -0.05) is 6.07 Å². The van der Waals surface area contributed by atoms with Gasteiger partial charge in [-0.2, -0.15) is 5.26 Å². The second-order valence-electron chi connectivity index (χ2n) is 4.32.